The van der Waals surface area contributed by atoms with Crippen LogP contribution >= 0.6 is 11.8 Å². The summed E-state index contributed by atoms with van der Waals surface area (Å²) in [5, 5.41) is 0. The Morgan fingerprint density at radius 2 is 2.08 bits per heavy atom. The zero-order valence-corrected chi connectivity index (χ0v) is 8.40. The molecule has 0 saturated heterocycles. The van der Waals surface area contributed by atoms with Crippen molar-refractivity contribution in [3.05, 3.63) is 29.8 Å². The second kappa shape index (κ2) is 4.53. The van der Waals surface area contributed by atoms with Crippen molar-refractivity contribution in [2.45, 2.75) is 24.3 Å². The quantitative estimate of drug-likeness (QED) is 0.724. The maximum atomic E-state index is 5.74. The molecule has 0 aliphatic rings. The first-order valence-corrected chi connectivity index (χ1v) is 5.34. The SMILES string of the molecule is CSc1ccccc1C[C@H](C)N. The molecule has 2 heteroatoms. The fraction of sp³-hybridized carbons (Fsp3) is 0.400. The molecule has 0 unspecified atom stereocenters. The normalized spacial score (nSPS) is 12.9. The topological polar surface area (TPSA) is 26.0 Å². The Balaban J connectivity index is 2.82. The molecule has 1 atom stereocenters. The fourth-order valence-electron chi connectivity index (χ4n) is 1.22. The van der Waals surface area contributed by atoms with E-state index in [1.54, 1.807) is 11.8 Å². The Kier molecular flexibility index (Phi) is 3.63. The molecular formula is C10H15NS. The highest BCUT2D eigenvalue weighted by Gasteiger charge is 2.02. The molecule has 1 aromatic carbocycles. The average Bonchev–Trinajstić information content (AvgIpc) is 2.04. The summed E-state index contributed by atoms with van der Waals surface area (Å²) in [6.45, 7) is 2.04. The minimum atomic E-state index is 0.248. The van der Waals surface area contributed by atoms with Crippen molar-refractivity contribution < 1.29 is 0 Å². The molecule has 0 radical (unpaired) electrons. The zero-order chi connectivity index (χ0) is 8.97. The molecule has 12 heavy (non-hydrogen) atoms. The lowest BCUT2D eigenvalue weighted by molar-refractivity contribution is 0.729. The van der Waals surface area contributed by atoms with Crippen LogP contribution in [0.4, 0.5) is 0 Å². The second-order valence-electron chi connectivity index (χ2n) is 2.99. The first-order chi connectivity index (χ1) is 5.74. The summed E-state index contributed by atoms with van der Waals surface area (Å²) in [5.74, 6) is 0. The molecule has 0 heterocycles. The van der Waals surface area contributed by atoms with Crippen LogP contribution in [0.25, 0.3) is 0 Å². The lowest BCUT2D eigenvalue weighted by Crippen LogP contribution is -2.18. The lowest BCUT2D eigenvalue weighted by atomic mass is 10.1. The van der Waals surface area contributed by atoms with Crippen molar-refractivity contribution >= 4 is 11.8 Å². The minimum Gasteiger partial charge on any atom is -0.328 e. The highest BCUT2D eigenvalue weighted by molar-refractivity contribution is 7.98. The summed E-state index contributed by atoms with van der Waals surface area (Å²) in [5.41, 5.74) is 7.10. The van der Waals surface area contributed by atoms with Gasteiger partial charge in [0.05, 0.1) is 0 Å². The summed E-state index contributed by atoms with van der Waals surface area (Å²) in [6, 6.07) is 8.67. The molecule has 1 nitrogen and oxygen atoms in total. The molecule has 66 valence electrons. The van der Waals surface area contributed by atoms with E-state index in [9.17, 15) is 0 Å². The van der Waals surface area contributed by atoms with E-state index in [-0.39, 0.29) is 6.04 Å². The van der Waals surface area contributed by atoms with Crippen LogP contribution in [0.3, 0.4) is 0 Å². The summed E-state index contributed by atoms with van der Waals surface area (Å²) in [7, 11) is 0. The van der Waals surface area contributed by atoms with Crippen LogP contribution in [-0.2, 0) is 6.42 Å². The Bertz CT molecular complexity index is 245. The summed E-state index contributed by atoms with van der Waals surface area (Å²) in [6.07, 6.45) is 3.07. The van der Waals surface area contributed by atoms with E-state index in [1.165, 1.54) is 10.5 Å². The molecule has 0 fully saturated rings. The van der Waals surface area contributed by atoms with Gasteiger partial charge in [-0.3, -0.25) is 0 Å². The molecule has 0 amide bonds. The first kappa shape index (κ1) is 9.62. The van der Waals surface area contributed by atoms with Crippen molar-refractivity contribution in [2.75, 3.05) is 6.26 Å². The van der Waals surface area contributed by atoms with Gasteiger partial charge in [0.1, 0.15) is 0 Å². The van der Waals surface area contributed by atoms with Gasteiger partial charge in [-0.1, -0.05) is 18.2 Å². The van der Waals surface area contributed by atoms with Crippen LogP contribution in [0.2, 0.25) is 0 Å². The van der Waals surface area contributed by atoms with Crippen molar-refractivity contribution in [1.82, 2.24) is 0 Å². The molecule has 0 saturated carbocycles. The summed E-state index contributed by atoms with van der Waals surface area (Å²) in [4.78, 5) is 1.34. The average molecular weight is 181 g/mol. The number of benzene rings is 1. The molecule has 0 spiro atoms. The predicted molar refractivity (Wildman–Crippen MR) is 55.6 cm³/mol. The molecule has 0 aromatic heterocycles. The van der Waals surface area contributed by atoms with Gasteiger partial charge in [-0.25, -0.2) is 0 Å². The van der Waals surface area contributed by atoms with Gasteiger partial charge in [0, 0.05) is 10.9 Å². The Morgan fingerprint density at radius 3 is 2.67 bits per heavy atom. The molecule has 1 aromatic rings. The molecule has 0 aliphatic carbocycles. The zero-order valence-electron chi connectivity index (χ0n) is 7.58. The van der Waals surface area contributed by atoms with Crippen molar-refractivity contribution in [3.8, 4) is 0 Å². The van der Waals surface area contributed by atoms with Crippen LogP contribution < -0.4 is 5.73 Å². The summed E-state index contributed by atoms with van der Waals surface area (Å²) < 4.78 is 0. The van der Waals surface area contributed by atoms with Crippen LogP contribution in [0, 0.1) is 0 Å². The fourth-order valence-corrected chi connectivity index (χ4v) is 1.85. The Labute approximate surface area is 78.4 Å². The molecule has 1 rings (SSSR count). The van der Waals surface area contributed by atoms with Gasteiger partial charge < -0.3 is 5.73 Å². The van der Waals surface area contributed by atoms with Crippen LogP contribution in [0.15, 0.2) is 29.2 Å². The Hall–Kier alpha value is -0.470. The van der Waals surface area contributed by atoms with Gasteiger partial charge in [0.15, 0.2) is 0 Å². The van der Waals surface area contributed by atoms with Crippen molar-refractivity contribution in [1.29, 1.82) is 0 Å². The minimum absolute atomic E-state index is 0.248. The number of nitrogens with two attached hydrogens (primary N) is 1. The van der Waals surface area contributed by atoms with Gasteiger partial charge in [0.25, 0.3) is 0 Å². The van der Waals surface area contributed by atoms with Gasteiger partial charge in [0.2, 0.25) is 0 Å². The maximum Gasteiger partial charge on any atom is 0.0102 e. The van der Waals surface area contributed by atoms with Crippen molar-refractivity contribution in [3.63, 3.8) is 0 Å². The Morgan fingerprint density at radius 1 is 1.42 bits per heavy atom. The smallest absolute Gasteiger partial charge is 0.0102 e. The van der Waals surface area contributed by atoms with E-state index >= 15 is 0 Å². The van der Waals surface area contributed by atoms with E-state index in [0.717, 1.165) is 6.42 Å². The lowest BCUT2D eigenvalue weighted by Gasteiger charge is -2.08. The molecule has 2 N–H and O–H groups in total. The van der Waals surface area contributed by atoms with Crippen LogP contribution in [-0.4, -0.2) is 12.3 Å². The van der Waals surface area contributed by atoms with Gasteiger partial charge in [-0.15, -0.1) is 11.8 Å². The second-order valence-corrected chi connectivity index (χ2v) is 3.84. The van der Waals surface area contributed by atoms with Gasteiger partial charge in [-0.2, -0.15) is 0 Å². The van der Waals surface area contributed by atoms with Crippen LogP contribution in [0.5, 0.6) is 0 Å². The van der Waals surface area contributed by atoms with E-state index in [0.29, 0.717) is 0 Å². The highest BCUT2D eigenvalue weighted by atomic mass is 32.2. The maximum absolute atomic E-state index is 5.74. The molecule has 0 aliphatic heterocycles. The van der Waals surface area contributed by atoms with Crippen molar-refractivity contribution in [2.24, 2.45) is 5.73 Å². The van der Waals surface area contributed by atoms with E-state index in [1.807, 2.05) is 6.92 Å². The van der Waals surface area contributed by atoms with Gasteiger partial charge in [-0.05, 0) is 31.2 Å². The van der Waals surface area contributed by atoms with E-state index in [2.05, 4.69) is 30.5 Å². The standard InChI is InChI=1S/C10H15NS/c1-8(11)7-9-5-3-4-6-10(9)12-2/h3-6,8H,7,11H2,1-2H3/t8-/m0/s1. The molecular weight excluding hydrogens is 166 g/mol. The third-order valence-corrected chi connectivity index (χ3v) is 2.57. The van der Waals surface area contributed by atoms with Crippen LogP contribution in [0.1, 0.15) is 12.5 Å². The first-order valence-electron chi connectivity index (χ1n) is 4.11. The third-order valence-electron chi connectivity index (χ3n) is 1.73. The predicted octanol–water partition coefficient (Wildman–Crippen LogP) is 2.30. The number of hydrogen-bond donors (Lipinski definition) is 1. The summed E-state index contributed by atoms with van der Waals surface area (Å²) >= 11 is 1.78. The number of rotatable bonds is 3. The number of hydrogen-bond acceptors (Lipinski definition) is 2. The molecule has 0 bridgehead atoms. The van der Waals surface area contributed by atoms with E-state index < -0.39 is 0 Å². The van der Waals surface area contributed by atoms with Gasteiger partial charge >= 0.3 is 0 Å². The monoisotopic (exact) mass is 181 g/mol. The largest absolute Gasteiger partial charge is 0.328 e. The number of thioether (sulfide) groups is 1. The van der Waals surface area contributed by atoms with E-state index in [4.69, 9.17) is 5.73 Å². The third kappa shape index (κ3) is 2.54. The highest BCUT2D eigenvalue weighted by Crippen LogP contribution is 2.20.